The molecule has 0 aromatic carbocycles. The first-order valence-electron chi connectivity index (χ1n) is 7.70. The molecule has 1 unspecified atom stereocenters. The van der Waals surface area contributed by atoms with E-state index in [2.05, 4.69) is 27.4 Å². The summed E-state index contributed by atoms with van der Waals surface area (Å²) in [6.45, 7) is 6.24. The highest BCUT2D eigenvalue weighted by Crippen LogP contribution is 2.29. The zero-order valence-corrected chi connectivity index (χ0v) is 13.2. The van der Waals surface area contributed by atoms with Crippen molar-refractivity contribution in [3.05, 3.63) is 4.88 Å². The van der Waals surface area contributed by atoms with E-state index in [-0.39, 0.29) is 11.9 Å². The average Bonchev–Trinajstić information content (AvgIpc) is 2.87. The number of amides is 1. The molecule has 116 valence electrons. The standard InChI is InChI=1S/C14H23N5OS/c1-2-5-16-14-18-12(15)11(21-14)13(20)17-10-8-19-6-3-9(10)4-7-19/h9-10H,2-8,15H2,1H3,(H,16,18)(H,17,20). The van der Waals surface area contributed by atoms with Crippen molar-refractivity contribution in [1.29, 1.82) is 0 Å². The van der Waals surface area contributed by atoms with E-state index in [0.29, 0.717) is 16.6 Å². The van der Waals surface area contributed by atoms with Crippen LogP contribution in [0.3, 0.4) is 0 Å². The van der Waals surface area contributed by atoms with Crippen LogP contribution in [0.1, 0.15) is 35.9 Å². The van der Waals surface area contributed by atoms with Crippen LogP contribution in [0, 0.1) is 5.92 Å². The highest BCUT2D eigenvalue weighted by Gasteiger charge is 2.35. The minimum absolute atomic E-state index is 0.0756. The molecular weight excluding hydrogens is 286 g/mol. The summed E-state index contributed by atoms with van der Waals surface area (Å²) in [5, 5.41) is 7.07. The Balaban J connectivity index is 1.64. The molecule has 4 N–H and O–H groups in total. The van der Waals surface area contributed by atoms with Crippen LogP contribution in [-0.2, 0) is 0 Å². The van der Waals surface area contributed by atoms with Gasteiger partial charge in [0.15, 0.2) is 5.13 Å². The fourth-order valence-electron chi connectivity index (χ4n) is 3.16. The smallest absolute Gasteiger partial charge is 0.265 e. The normalized spacial score (nSPS) is 27.6. The maximum absolute atomic E-state index is 12.4. The molecule has 3 aliphatic rings. The van der Waals surface area contributed by atoms with Crippen molar-refractivity contribution >= 4 is 28.2 Å². The van der Waals surface area contributed by atoms with E-state index in [0.717, 1.165) is 24.6 Å². The number of carbonyl (C=O) groups excluding carboxylic acids is 1. The summed E-state index contributed by atoms with van der Waals surface area (Å²) in [5.74, 6) is 0.872. The molecule has 2 bridgehead atoms. The molecule has 1 atom stereocenters. The fourth-order valence-corrected chi connectivity index (χ4v) is 3.98. The topological polar surface area (TPSA) is 83.3 Å². The summed E-state index contributed by atoms with van der Waals surface area (Å²) in [7, 11) is 0. The molecule has 1 amide bonds. The van der Waals surface area contributed by atoms with E-state index in [1.54, 1.807) is 0 Å². The number of nitrogens with one attached hydrogen (secondary N) is 2. The van der Waals surface area contributed by atoms with Gasteiger partial charge in [0.1, 0.15) is 10.7 Å². The summed E-state index contributed by atoms with van der Waals surface area (Å²) >= 11 is 1.34. The van der Waals surface area contributed by atoms with Gasteiger partial charge < -0.3 is 21.3 Å². The maximum atomic E-state index is 12.4. The number of aromatic nitrogens is 1. The second-order valence-corrected chi connectivity index (χ2v) is 6.88. The van der Waals surface area contributed by atoms with Crippen LogP contribution in [0.25, 0.3) is 0 Å². The zero-order chi connectivity index (χ0) is 14.8. The van der Waals surface area contributed by atoms with Crippen LogP contribution in [0.5, 0.6) is 0 Å². The van der Waals surface area contributed by atoms with Gasteiger partial charge >= 0.3 is 0 Å². The van der Waals surface area contributed by atoms with E-state index in [4.69, 9.17) is 5.73 Å². The van der Waals surface area contributed by atoms with Gasteiger partial charge in [-0.15, -0.1) is 0 Å². The van der Waals surface area contributed by atoms with Crippen LogP contribution >= 0.6 is 11.3 Å². The predicted octanol–water partition coefficient (Wildman–Crippen LogP) is 1.37. The Morgan fingerprint density at radius 2 is 2.24 bits per heavy atom. The number of nitrogens with zero attached hydrogens (tertiary/aromatic N) is 2. The number of fused-ring (bicyclic) bond motifs is 3. The molecular formula is C14H23N5OS. The van der Waals surface area contributed by atoms with Crippen molar-refractivity contribution in [2.24, 2.45) is 5.92 Å². The number of hydrogen-bond acceptors (Lipinski definition) is 6. The molecule has 4 heterocycles. The first-order valence-corrected chi connectivity index (χ1v) is 8.52. The molecule has 1 aromatic rings. The Kier molecular flexibility index (Phi) is 4.30. The molecule has 21 heavy (non-hydrogen) atoms. The number of carbonyl (C=O) groups is 1. The Bertz CT molecular complexity index is 509. The van der Waals surface area contributed by atoms with E-state index < -0.39 is 0 Å². The van der Waals surface area contributed by atoms with Crippen LogP contribution in [0.15, 0.2) is 0 Å². The van der Waals surface area contributed by atoms with E-state index >= 15 is 0 Å². The maximum Gasteiger partial charge on any atom is 0.265 e. The van der Waals surface area contributed by atoms with Gasteiger partial charge in [-0.25, -0.2) is 4.98 Å². The second-order valence-electron chi connectivity index (χ2n) is 5.88. The quantitative estimate of drug-likeness (QED) is 0.765. The lowest BCUT2D eigenvalue weighted by Crippen LogP contribution is -2.57. The second kappa shape index (κ2) is 6.19. The van der Waals surface area contributed by atoms with Crippen LogP contribution in [0.4, 0.5) is 10.9 Å². The molecule has 1 aromatic heterocycles. The lowest BCUT2D eigenvalue weighted by atomic mass is 9.84. The number of rotatable bonds is 5. The number of thiazole rings is 1. The number of nitrogen functional groups attached to an aromatic ring is 1. The van der Waals surface area contributed by atoms with Gasteiger partial charge in [-0.3, -0.25) is 4.79 Å². The predicted molar refractivity (Wildman–Crippen MR) is 85.7 cm³/mol. The monoisotopic (exact) mass is 309 g/mol. The third-order valence-corrected chi connectivity index (χ3v) is 5.39. The summed E-state index contributed by atoms with van der Waals surface area (Å²) in [4.78, 5) is 19.6. The molecule has 0 aliphatic carbocycles. The number of nitrogens with two attached hydrogens (primary N) is 1. The van der Waals surface area contributed by atoms with Gasteiger partial charge in [0.25, 0.3) is 5.91 Å². The van der Waals surface area contributed by atoms with Crippen molar-refractivity contribution in [2.45, 2.75) is 32.2 Å². The van der Waals surface area contributed by atoms with E-state index in [9.17, 15) is 4.79 Å². The summed E-state index contributed by atoms with van der Waals surface area (Å²) < 4.78 is 0. The van der Waals surface area contributed by atoms with Crippen molar-refractivity contribution in [3.63, 3.8) is 0 Å². The lowest BCUT2D eigenvalue weighted by molar-refractivity contribution is 0.0623. The fraction of sp³-hybridized carbons (Fsp3) is 0.714. The molecule has 3 fully saturated rings. The minimum atomic E-state index is -0.0756. The van der Waals surface area contributed by atoms with Crippen LogP contribution < -0.4 is 16.4 Å². The summed E-state index contributed by atoms with van der Waals surface area (Å²) in [6, 6.07) is 0.258. The third-order valence-electron chi connectivity index (χ3n) is 4.36. The number of piperidine rings is 3. The SMILES string of the molecule is CCCNc1nc(N)c(C(=O)NC2CN3CCC2CC3)s1. The van der Waals surface area contributed by atoms with Gasteiger partial charge in [0.2, 0.25) is 0 Å². The van der Waals surface area contributed by atoms with Gasteiger partial charge in [-0.05, 0) is 38.3 Å². The number of anilines is 2. The largest absolute Gasteiger partial charge is 0.382 e. The van der Waals surface area contributed by atoms with Gasteiger partial charge in [-0.2, -0.15) is 0 Å². The summed E-state index contributed by atoms with van der Waals surface area (Å²) in [5.41, 5.74) is 5.88. The Labute approximate surface area is 129 Å². The van der Waals surface area contributed by atoms with Crippen molar-refractivity contribution in [1.82, 2.24) is 15.2 Å². The van der Waals surface area contributed by atoms with Crippen molar-refractivity contribution in [2.75, 3.05) is 37.2 Å². The van der Waals surface area contributed by atoms with Gasteiger partial charge in [0, 0.05) is 19.1 Å². The van der Waals surface area contributed by atoms with Gasteiger partial charge in [-0.1, -0.05) is 18.3 Å². The molecule has 3 saturated heterocycles. The summed E-state index contributed by atoms with van der Waals surface area (Å²) in [6.07, 6.45) is 3.39. The van der Waals surface area contributed by atoms with E-state index in [1.165, 1.54) is 37.3 Å². The number of hydrogen-bond donors (Lipinski definition) is 3. The Hall–Kier alpha value is -1.34. The highest BCUT2D eigenvalue weighted by molar-refractivity contribution is 7.18. The van der Waals surface area contributed by atoms with Crippen LogP contribution in [-0.4, -0.2) is 48.0 Å². The zero-order valence-electron chi connectivity index (χ0n) is 12.4. The van der Waals surface area contributed by atoms with Gasteiger partial charge in [0.05, 0.1) is 0 Å². The molecule has 6 nitrogen and oxygen atoms in total. The molecule has 3 aliphatic heterocycles. The highest BCUT2D eigenvalue weighted by atomic mass is 32.1. The Morgan fingerprint density at radius 1 is 1.48 bits per heavy atom. The first kappa shape index (κ1) is 14.6. The average molecular weight is 309 g/mol. The van der Waals surface area contributed by atoms with E-state index in [1.807, 2.05) is 0 Å². The molecule has 0 radical (unpaired) electrons. The van der Waals surface area contributed by atoms with Crippen LogP contribution in [0.2, 0.25) is 0 Å². The molecule has 0 saturated carbocycles. The molecule has 4 rings (SSSR count). The molecule has 7 heteroatoms. The lowest BCUT2D eigenvalue weighted by Gasteiger charge is -2.44. The third kappa shape index (κ3) is 3.13. The first-order chi connectivity index (χ1) is 10.2. The van der Waals surface area contributed by atoms with Crippen molar-refractivity contribution < 1.29 is 4.79 Å². The Morgan fingerprint density at radius 3 is 2.86 bits per heavy atom. The molecule has 0 spiro atoms. The minimum Gasteiger partial charge on any atom is -0.382 e. The van der Waals surface area contributed by atoms with Crippen molar-refractivity contribution in [3.8, 4) is 0 Å².